The Balaban J connectivity index is 2.86. The third kappa shape index (κ3) is 3.74. The van der Waals surface area contributed by atoms with Gasteiger partial charge in [0.2, 0.25) is 0 Å². The molecular weight excluding hydrogens is 222 g/mol. The smallest absolute Gasteiger partial charge is 0.0813 e. The molecule has 0 saturated carbocycles. The molecule has 0 bridgehead atoms. The highest BCUT2D eigenvalue weighted by Gasteiger charge is 2.25. The van der Waals surface area contributed by atoms with E-state index in [-0.39, 0.29) is 11.3 Å². The van der Waals surface area contributed by atoms with Gasteiger partial charge in [0.15, 0.2) is 0 Å². The largest absolute Gasteiger partial charge is 0.388 e. The monoisotopic (exact) mass is 249 g/mol. The van der Waals surface area contributed by atoms with Crippen molar-refractivity contribution in [1.82, 2.24) is 0 Å². The van der Waals surface area contributed by atoms with Crippen LogP contribution in [0.2, 0.25) is 0 Å². The van der Waals surface area contributed by atoms with Crippen LogP contribution in [0.3, 0.4) is 0 Å². The molecule has 0 aromatic heterocycles. The van der Waals surface area contributed by atoms with Crippen molar-refractivity contribution in [2.24, 2.45) is 5.92 Å². The zero-order valence-corrected chi connectivity index (χ0v) is 12.5. The minimum atomic E-state index is -0.689. The van der Waals surface area contributed by atoms with Gasteiger partial charge in [0.25, 0.3) is 0 Å². The molecule has 1 atom stereocenters. The Morgan fingerprint density at radius 3 is 2.17 bits per heavy atom. The van der Waals surface area contributed by atoms with Crippen molar-refractivity contribution in [2.45, 2.75) is 52.6 Å². The molecular formula is C16H27NO. The summed E-state index contributed by atoms with van der Waals surface area (Å²) in [7, 11) is 0. The van der Waals surface area contributed by atoms with Crippen LogP contribution in [-0.4, -0.2) is 17.3 Å². The van der Waals surface area contributed by atoms with Crippen LogP contribution < -0.4 is 5.32 Å². The number of aliphatic hydroxyl groups is 1. The van der Waals surface area contributed by atoms with Crippen LogP contribution in [0.5, 0.6) is 0 Å². The van der Waals surface area contributed by atoms with Gasteiger partial charge in [0.05, 0.1) is 5.60 Å². The van der Waals surface area contributed by atoms with Gasteiger partial charge in [-0.3, -0.25) is 0 Å². The van der Waals surface area contributed by atoms with Gasteiger partial charge in [-0.05, 0) is 29.9 Å². The van der Waals surface area contributed by atoms with Crippen molar-refractivity contribution < 1.29 is 5.11 Å². The molecule has 1 unspecified atom stereocenters. The van der Waals surface area contributed by atoms with Crippen LogP contribution in [0.4, 0.5) is 5.69 Å². The first-order valence-corrected chi connectivity index (χ1v) is 6.70. The Kier molecular flexibility index (Phi) is 4.44. The predicted molar refractivity (Wildman–Crippen MR) is 79.1 cm³/mol. The number of anilines is 1. The summed E-state index contributed by atoms with van der Waals surface area (Å²) in [6, 6.07) is 8.32. The molecule has 0 fully saturated rings. The lowest BCUT2D eigenvalue weighted by atomic mass is 9.85. The SMILES string of the molecule is CC(C)C(C)(O)CNc1ccccc1C(C)(C)C. The molecule has 0 aliphatic rings. The summed E-state index contributed by atoms with van der Waals surface area (Å²) in [4.78, 5) is 0. The summed E-state index contributed by atoms with van der Waals surface area (Å²) < 4.78 is 0. The van der Waals surface area contributed by atoms with Gasteiger partial charge in [0, 0.05) is 12.2 Å². The second-order valence-electron chi connectivity index (χ2n) is 6.66. The fraction of sp³-hybridized carbons (Fsp3) is 0.625. The molecule has 0 amide bonds. The maximum absolute atomic E-state index is 10.3. The second-order valence-corrected chi connectivity index (χ2v) is 6.66. The lowest BCUT2D eigenvalue weighted by Crippen LogP contribution is -2.39. The molecule has 0 radical (unpaired) electrons. The van der Waals surface area contributed by atoms with E-state index < -0.39 is 5.60 Å². The van der Waals surface area contributed by atoms with Gasteiger partial charge in [-0.15, -0.1) is 0 Å². The second kappa shape index (κ2) is 5.31. The van der Waals surface area contributed by atoms with Gasteiger partial charge in [-0.25, -0.2) is 0 Å². The summed E-state index contributed by atoms with van der Waals surface area (Å²) in [5.41, 5.74) is 1.81. The van der Waals surface area contributed by atoms with Crippen molar-refractivity contribution in [3.8, 4) is 0 Å². The van der Waals surface area contributed by atoms with E-state index in [2.05, 4.69) is 44.3 Å². The van der Waals surface area contributed by atoms with Gasteiger partial charge < -0.3 is 10.4 Å². The van der Waals surface area contributed by atoms with Gasteiger partial charge in [-0.1, -0.05) is 52.8 Å². The molecule has 102 valence electrons. The maximum Gasteiger partial charge on any atom is 0.0813 e. The number of hydrogen-bond acceptors (Lipinski definition) is 2. The van der Waals surface area contributed by atoms with Crippen LogP contribution in [0.1, 0.15) is 47.1 Å². The third-order valence-electron chi connectivity index (χ3n) is 3.62. The molecule has 2 N–H and O–H groups in total. The molecule has 2 heteroatoms. The zero-order chi connectivity index (χ0) is 14.0. The highest BCUT2D eigenvalue weighted by atomic mass is 16.3. The number of benzene rings is 1. The molecule has 0 aliphatic carbocycles. The Morgan fingerprint density at radius 1 is 1.11 bits per heavy atom. The van der Waals surface area contributed by atoms with Crippen LogP contribution in [0.25, 0.3) is 0 Å². The van der Waals surface area contributed by atoms with E-state index in [0.717, 1.165) is 5.69 Å². The predicted octanol–water partition coefficient (Wildman–Crippen LogP) is 3.80. The number of hydrogen-bond donors (Lipinski definition) is 2. The maximum atomic E-state index is 10.3. The van der Waals surface area contributed by atoms with Crippen molar-refractivity contribution in [2.75, 3.05) is 11.9 Å². The van der Waals surface area contributed by atoms with Crippen LogP contribution in [0.15, 0.2) is 24.3 Å². The van der Waals surface area contributed by atoms with Crippen LogP contribution >= 0.6 is 0 Å². The van der Waals surface area contributed by atoms with E-state index in [1.165, 1.54) is 5.56 Å². The van der Waals surface area contributed by atoms with Gasteiger partial charge >= 0.3 is 0 Å². The Morgan fingerprint density at radius 2 is 1.67 bits per heavy atom. The fourth-order valence-corrected chi connectivity index (χ4v) is 1.77. The highest BCUT2D eigenvalue weighted by Crippen LogP contribution is 2.29. The quantitative estimate of drug-likeness (QED) is 0.850. The van der Waals surface area contributed by atoms with Crippen molar-refractivity contribution in [3.63, 3.8) is 0 Å². The van der Waals surface area contributed by atoms with E-state index >= 15 is 0 Å². The van der Waals surface area contributed by atoms with E-state index in [1.807, 2.05) is 26.8 Å². The fourth-order valence-electron chi connectivity index (χ4n) is 1.77. The lowest BCUT2D eigenvalue weighted by Gasteiger charge is -2.30. The number of para-hydroxylation sites is 1. The number of rotatable bonds is 4. The van der Waals surface area contributed by atoms with E-state index in [9.17, 15) is 5.11 Å². The highest BCUT2D eigenvalue weighted by molar-refractivity contribution is 5.54. The van der Waals surface area contributed by atoms with E-state index in [4.69, 9.17) is 0 Å². The Hall–Kier alpha value is -1.02. The summed E-state index contributed by atoms with van der Waals surface area (Å²) in [6.07, 6.45) is 0. The third-order valence-corrected chi connectivity index (χ3v) is 3.62. The van der Waals surface area contributed by atoms with Crippen molar-refractivity contribution in [1.29, 1.82) is 0 Å². The molecule has 0 aliphatic heterocycles. The first kappa shape index (κ1) is 15.0. The molecule has 2 nitrogen and oxygen atoms in total. The van der Waals surface area contributed by atoms with Gasteiger partial charge in [0.1, 0.15) is 0 Å². The molecule has 0 heterocycles. The molecule has 0 saturated heterocycles. The summed E-state index contributed by atoms with van der Waals surface area (Å²) in [5, 5.41) is 13.7. The summed E-state index contributed by atoms with van der Waals surface area (Å²) in [5.74, 6) is 0.229. The van der Waals surface area contributed by atoms with E-state index in [0.29, 0.717) is 6.54 Å². The molecule has 18 heavy (non-hydrogen) atoms. The summed E-state index contributed by atoms with van der Waals surface area (Å²) >= 11 is 0. The zero-order valence-electron chi connectivity index (χ0n) is 12.5. The summed E-state index contributed by atoms with van der Waals surface area (Å²) in [6.45, 7) is 13.1. The Labute approximate surface area is 111 Å². The lowest BCUT2D eigenvalue weighted by molar-refractivity contribution is 0.0266. The van der Waals surface area contributed by atoms with Gasteiger partial charge in [-0.2, -0.15) is 0 Å². The average molecular weight is 249 g/mol. The molecule has 1 aromatic rings. The molecule has 1 aromatic carbocycles. The standard InChI is InChI=1S/C16H27NO/c1-12(2)16(6,18)11-17-14-10-8-7-9-13(14)15(3,4)5/h7-10,12,17-18H,11H2,1-6H3. The van der Waals surface area contributed by atoms with Crippen LogP contribution in [-0.2, 0) is 5.41 Å². The molecule has 0 spiro atoms. The molecule has 1 rings (SSSR count). The Bertz CT molecular complexity index is 388. The van der Waals surface area contributed by atoms with E-state index in [1.54, 1.807) is 0 Å². The minimum absolute atomic E-state index is 0.104. The first-order chi connectivity index (χ1) is 8.14. The van der Waals surface area contributed by atoms with Crippen molar-refractivity contribution in [3.05, 3.63) is 29.8 Å². The topological polar surface area (TPSA) is 32.3 Å². The normalized spacial score (nSPS) is 15.6. The average Bonchev–Trinajstić information content (AvgIpc) is 2.25. The van der Waals surface area contributed by atoms with Crippen molar-refractivity contribution >= 4 is 5.69 Å². The van der Waals surface area contributed by atoms with Crippen LogP contribution in [0, 0.1) is 5.92 Å². The first-order valence-electron chi connectivity index (χ1n) is 6.70. The number of nitrogens with one attached hydrogen (secondary N) is 1. The minimum Gasteiger partial charge on any atom is -0.388 e.